The largest absolute Gasteiger partial charge is 0.490 e. The van der Waals surface area contributed by atoms with Crippen molar-refractivity contribution in [3.63, 3.8) is 0 Å². The minimum Gasteiger partial charge on any atom is -0.490 e. The van der Waals surface area contributed by atoms with Gasteiger partial charge in [-0.3, -0.25) is 9.59 Å². The van der Waals surface area contributed by atoms with Crippen molar-refractivity contribution < 1.29 is 29.0 Å². The van der Waals surface area contributed by atoms with Gasteiger partial charge in [-0.05, 0) is 60.7 Å². The summed E-state index contributed by atoms with van der Waals surface area (Å²) in [4.78, 5) is 37.2. The summed E-state index contributed by atoms with van der Waals surface area (Å²) < 4.78 is 10.7. The van der Waals surface area contributed by atoms with Gasteiger partial charge in [0.25, 0.3) is 11.1 Å². The van der Waals surface area contributed by atoms with Gasteiger partial charge in [-0.1, -0.05) is 29.3 Å². The number of anilines is 1. The molecule has 1 aliphatic rings. The standard InChI is InChI=1S/C20H15Cl2NO6S/c1-2-28-15-7-11(6-14(22)18(15)29-10-17(24)25)8-16-19(26)23(20(27)30-16)13-5-3-4-12(21)9-13/h3-9H,2,10H2,1H3,(H,24,25)/b16-8+. The van der Waals surface area contributed by atoms with Crippen LogP contribution in [0, 0.1) is 0 Å². The van der Waals surface area contributed by atoms with E-state index in [1.54, 1.807) is 31.2 Å². The van der Waals surface area contributed by atoms with E-state index in [1.165, 1.54) is 18.2 Å². The zero-order chi connectivity index (χ0) is 21.8. The fraction of sp³-hybridized carbons (Fsp3) is 0.150. The number of rotatable bonds is 7. The lowest BCUT2D eigenvalue weighted by atomic mass is 10.1. The third-order valence-electron chi connectivity index (χ3n) is 3.83. The average molecular weight is 468 g/mol. The molecule has 1 aliphatic heterocycles. The van der Waals surface area contributed by atoms with Gasteiger partial charge in [0.05, 0.1) is 22.2 Å². The number of carbonyl (C=O) groups is 3. The maximum atomic E-state index is 12.8. The number of ether oxygens (including phenoxy) is 2. The second kappa shape index (κ2) is 9.42. The number of benzene rings is 2. The van der Waals surface area contributed by atoms with Gasteiger partial charge in [0.1, 0.15) is 0 Å². The zero-order valence-corrected chi connectivity index (χ0v) is 17.9. The predicted molar refractivity (Wildman–Crippen MR) is 116 cm³/mol. The van der Waals surface area contributed by atoms with Gasteiger partial charge in [0, 0.05) is 5.02 Å². The lowest BCUT2D eigenvalue weighted by Gasteiger charge is -2.14. The van der Waals surface area contributed by atoms with Crippen molar-refractivity contribution in [2.45, 2.75) is 6.92 Å². The Labute approximate surface area is 186 Å². The number of thioether (sulfide) groups is 1. The summed E-state index contributed by atoms with van der Waals surface area (Å²) in [5.74, 6) is -1.34. The van der Waals surface area contributed by atoms with E-state index in [2.05, 4.69) is 0 Å². The average Bonchev–Trinajstić information content (AvgIpc) is 2.94. The van der Waals surface area contributed by atoms with Crippen LogP contribution in [0.2, 0.25) is 10.0 Å². The molecule has 2 aromatic carbocycles. The highest BCUT2D eigenvalue weighted by Gasteiger charge is 2.36. The molecule has 3 rings (SSSR count). The Balaban J connectivity index is 1.93. The number of nitrogens with zero attached hydrogens (tertiary/aromatic N) is 1. The maximum Gasteiger partial charge on any atom is 0.341 e. The van der Waals surface area contributed by atoms with Crippen molar-refractivity contribution >= 4 is 63.8 Å². The quantitative estimate of drug-likeness (QED) is 0.566. The minimum absolute atomic E-state index is 0.0881. The highest BCUT2D eigenvalue weighted by Crippen LogP contribution is 2.40. The van der Waals surface area contributed by atoms with Crippen molar-refractivity contribution in [3.8, 4) is 11.5 Å². The van der Waals surface area contributed by atoms with Crippen LogP contribution >= 0.6 is 35.0 Å². The SMILES string of the molecule is CCOc1cc(/C=C2/SC(=O)N(c3cccc(Cl)c3)C2=O)cc(Cl)c1OCC(=O)O. The number of hydrogen-bond donors (Lipinski definition) is 1. The molecule has 0 bridgehead atoms. The summed E-state index contributed by atoms with van der Waals surface area (Å²) in [6, 6.07) is 9.48. The van der Waals surface area contributed by atoms with E-state index in [0.29, 0.717) is 16.3 Å². The van der Waals surface area contributed by atoms with Crippen LogP contribution in [0.1, 0.15) is 12.5 Å². The van der Waals surface area contributed by atoms with E-state index in [4.69, 9.17) is 37.8 Å². The molecule has 0 unspecified atom stereocenters. The first-order chi connectivity index (χ1) is 14.3. The molecular weight excluding hydrogens is 453 g/mol. The van der Waals surface area contributed by atoms with Gasteiger partial charge in [-0.2, -0.15) is 0 Å². The van der Waals surface area contributed by atoms with Crippen molar-refractivity contribution in [1.29, 1.82) is 0 Å². The molecule has 7 nitrogen and oxygen atoms in total. The van der Waals surface area contributed by atoms with Crippen molar-refractivity contribution in [2.24, 2.45) is 0 Å². The molecule has 10 heteroatoms. The summed E-state index contributed by atoms with van der Waals surface area (Å²) in [6.07, 6.45) is 1.50. The highest BCUT2D eigenvalue weighted by atomic mass is 35.5. The molecule has 0 aliphatic carbocycles. The molecule has 0 saturated carbocycles. The maximum absolute atomic E-state index is 12.8. The van der Waals surface area contributed by atoms with E-state index in [1.807, 2.05) is 0 Å². The first-order valence-electron chi connectivity index (χ1n) is 8.64. The molecule has 30 heavy (non-hydrogen) atoms. The first-order valence-corrected chi connectivity index (χ1v) is 10.2. The van der Waals surface area contributed by atoms with Crippen LogP contribution < -0.4 is 14.4 Å². The summed E-state index contributed by atoms with van der Waals surface area (Å²) in [7, 11) is 0. The third kappa shape index (κ3) is 4.89. The van der Waals surface area contributed by atoms with E-state index in [9.17, 15) is 14.4 Å². The molecule has 156 valence electrons. The highest BCUT2D eigenvalue weighted by molar-refractivity contribution is 8.19. The molecular formula is C20H15Cl2NO6S. The predicted octanol–water partition coefficient (Wildman–Crippen LogP) is 5.10. The minimum atomic E-state index is -1.16. The first kappa shape index (κ1) is 22.0. The molecule has 1 heterocycles. The molecule has 0 spiro atoms. The van der Waals surface area contributed by atoms with Gasteiger partial charge in [-0.15, -0.1) is 0 Å². The van der Waals surface area contributed by atoms with Gasteiger partial charge in [-0.25, -0.2) is 9.69 Å². The van der Waals surface area contributed by atoms with Crippen molar-refractivity contribution in [1.82, 2.24) is 0 Å². The molecule has 1 fully saturated rings. The van der Waals surface area contributed by atoms with Crippen LogP contribution in [0.4, 0.5) is 10.5 Å². The van der Waals surface area contributed by atoms with Crippen molar-refractivity contribution in [2.75, 3.05) is 18.1 Å². The van der Waals surface area contributed by atoms with E-state index >= 15 is 0 Å². The summed E-state index contributed by atoms with van der Waals surface area (Å²) >= 11 is 13.0. The summed E-state index contributed by atoms with van der Waals surface area (Å²) in [5, 5.41) is 8.88. The van der Waals surface area contributed by atoms with Gasteiger partial charge in [0.2, 0.25) is 0 Å². The van der Waals surface area contributed by atoms with Crippen LogP contribution in [-0.4, -0.2) is 35.4 Å². The van der Waals surface area contributed by atoms with Crippen LogP contribution in [0.25, 0.3) is 6.08 Å². The van der Waals surface area contributed by atoms with Crippen molar-refractivity contribution in [3.05, 3.63) is 56.9 Å². The Morgan fingerprint density at radius 1 is 1.20 bits per heavy atom. The number of carboxylic acid groups (broad SMARTS) is 1. The fourth-order valence-corrected chi connectivity index (χ4v) is 3.96. The topological polar surface area (TPSA) is 93.1 Å². The van der Waals surface area contributed by atoms with E-state index in [-0.39, 0.29) is 28.0 Å². The van der Waals surface area contributed by atoms with E-state index < -0.39 is 23.7 Å². The zero-order valence-electron chi connectivity index (χ0n) is 15.6. The number of carbonyl (C=O) groups excluding carboxylic acids is 2. The number of amides is 2. The summed E-state index contributed by atoms with van der Waals surface area (Å²) in [6.45, 7) is 1.45. The lowest BCUT2D eigenvalue weighted by molar-refractivity contribution is -0.139. The van der Waals surface area contributed by atoms with Crippen LogP contribution in [0.3, 0.4) is 0 Å². The van der Waals surface area contributed by atoms with Gasteiger partial charge in [0.15, 0.2) is 18.1 Å². The molecule has 2 amide bonds. The van der Waals surface area contributed by atoms with Gasteiger partial charge < -0.3 is 14.6 Å². The molecule has 0 aromatic heterocycles. The second-order valence-corrected chi connectivity index (χ2v) is 7.78. The lowest BCUT2D eigenvalue weighted by Crippen LogP contribution is -2.27. The Bertz CT molecular complexity index is 1060. The van der Waals surface area contributed by atoms with Crippen LogP contribution in [-0.2, 0) is 9.59 Å². The Hall–Kier alpha value is -2.68. The summed E-state index contributed by atoms with van der Waals surface area (Å²) in [5.41, 5.74) is 0.863. The molecule has 0 atom stereocenters. The number of halogens is 2. The Morgan fingerprint density at radius 2 is 1.97 bits per heavy atom. The van der Waals surface area contributed by atoms with Crippen LogP contribution in [0.15, 0.2) is 41.3 Å². The number of aliphatic carboxylic acids is 1. The fourth-order valence-electron chi connectivity index (χ4n) is 2.67. The van der Waals surface area contributed by atoms with E-state index in [0.717, 1.165) is 16.7 Å². The van der Waals surface area contributed by atoms with Gasteiger partial charge >= 0.3 is 5.97 Å². The Morgan fingerprint density at radius 3 is 2.63 bits per heavy atom. The number of hydrogen-bond acceptors (Lipinski definition) is 6. The molecule has 1 saturated heterocycles. The third-order valence-corrected chi connectivity index (χ3v) is 5.21. The molecule has 1 N–H and O–H groups in total. The molecule has 0 radical (unpaired) electrons. The number of carboxylic acids is 1. The second-order valence-electron chi connectivity index (χ2n) is 5.94. The normalized spacial score (nSPS) is 15.0. The molecule has 2 aromatic rings. The number of imide groups is 1. The smallest absolute Gasteiger partial charge is 0.341 e. The Kier molecular flexibility index (Phi) is 6.91. The monoisotopic (exact) mass is 467 g/mol. The van der Waals surface area contributed by atoms with Crippen LogP contribution in [0.5, 0.6) is 11.5 Å².